The molecule has 0 atom stereocenters. The molecule has 122 valence electrons. The average molecular weight is 340 g/mol. The zero-order chi connectivity index (χ0) is 17.1. The molecule has 0 aliphatic heterocycles. The lowest BCUT2D eigenvalue weighted by Gasteiger charge is -2.07. The lowest BCUT2D eigenvalue weighted by Crippen LogP contribution is -1.99. The van der Waals surface area contributed by atoms with Gasteiger partial charge in [-0.3, -0.25) is 0 Å². The number of aryl methyl sites for hydroxylation is 1. The number of benzene rings is 1. The first-order valence-electron chi connectivity index (χ1n) is 7.23. The molecule has 0 bridgehead atoms. The Morgan fingerprint density at radius 1 is 1.38 bits per heavy atom. The van der Waals surface area contributed by atoms with Crippen molar-refractivity contribution < 1.29 is 4.74 Å². The van der Waals surface area contributed by atoms with Gasteiger partial charge in [0, 0.05) is 19.8 Å². The molecule has 2 heterocycles. The van der Waals surface area contributed by atoms with Crippen LogP contribution in [0.25, 0.3) is 11.2 Å². The molecule has 1 aromatic carbocycles. The number of rotatable bonds is 5. The number of imidazole rings is 1. The number of aromatic nitrogens is 4. The summed E-state index contributed by atoms with van der Waals surface area (Å²) in [7, 11) is 5.27. The Kier molecular flexibility index (Phi) is 4.53. The minimum Gasteiger partial charge on any atom is -0.495 e. The van der Waals surface area contributed by atoms with E-state index in [-0.39, 0.29) is 0 Å². The number of fused-ring (bicyclic) bond motifs is 1. The highest BCUT2D eigenvalue weighted by Gasteiger charge is 2.12. The van der Waals surface area contributed by atoms with Crippen LogP contribution < -0.4 is 10.1 Å². The van der Waals surface area contributed by atoms with Crippen molar-refractivity contribution in [3.8, 4) is 11.8 Å². The van der Waals surface area contributed by atoms with Crippen molar-refractivity contribution in [1.82, 2.24) is 19.5 Å². The molecule has 2 aromatic heterocycles. The van der Waals surface area contributed by atoms with Gasteiger partial charge in [-0.05, 0) is 17.7 Å². The Morgan fingerprint density at radius 2 is 2.21 bits per heavy atom. The SMILES string of the molecule is CNc1nc(SCc2ccc(OC)c(C#N)c2)nc2c1ncn2C. The van der Waals surface area contributed by atoms with E-state index in [0.29, 0.717) is 28.0 Å². The van der Waals surface area contributed by atoms with Gasteiger partial charge in [-0.1, -0.05) is 17.8 Å². The molecule has 7 nitrogen and oxygen atoms in total. The minimum atomic E-state index is 0.523. The average Bonchev–Trinajstić information content (AvgIpc) is 3.00. The van der Waals surface area contributed by atoms with Crippen LogP contribution in [0.2, 0.25) is 0 Å². The molecule has 0 fully saturated rings. The van der Waals surface area contributed by atoms with Crippen molar-refractivity contribution in [2.75, 3.05) is 19.5 Å². The maximum atomic E-state index is 9.17. The molecule has 0 saturated carbocycles. The summed E-state index contributed by atoms with van der Waals surface area (Å²) in [5.74, 6) is 1.94. The van der Waals surface area contributed by atoms with Crippen LogP contribution in [0.3, 0.4) is 0 Å². The molecule has 0 radical (unpaired) electrons. The smallest absolute Gasteiger partial charge is 0.191 e. The van der Waals surface area contributed by atoms with Crippen LogP contribution in [0, 0.1) is 11.3 Å². The number of nitriles is 1. The second-order valence-corrected chi connectivity index (χ2v) is 6.01. The fraction of sp³-hybridized carbons (Fsp3) is 0.250. The van der Waals surface area contributed by atoms with Crippen molar-refractivity contribution in [1.29, 1.82) is 5.26 Å². The Bertz CT molecular complexity index is 930. The third-order valence-electron chi connectivity index (χ3n) is 3.53. The Hall–Kier alpha value is -2.79. The summed E-state index contributed by atoms with van der Waals surface area (Å²) in [5.41, 5.74) is 3.07. The summed E-state index contributed by atoms with van der Waals surface area (Å²) in [6.45, 7) is 0. The van der Waals surface area contributed by atoms with E-state index in [1.807, 2.05) is 30.8 Å². The second-order valence-electron chi connectivity index (χ2n) is 5.07. The highest BCUT2D eigenvalue weighted by atomic mass is 32.2. The van der Waals surface area contributed by atoms with Crippen LogP contribution in [-0.2, 0) is 12.8 Å². The van der Waals surface area contributed by atoms with Crippen molar-refractivity contribution in [2.45, 2.75) is 10.9 Å². The van der Waals surface area contributed by atoms with E-state index < -0.39 is 0 Å². The zero-order valence-corrected chi connectivity index (χ0v) is 14.4. The fourth-order valence-corrected chi connectivity index (χ4v) is 3.09. The van der Waals surface area contributed by atoms with Gasteiger partial charge in [0.1, 0.15) is 17.3 Å². The summed E-state index contributed by atoms with van der Waals surface area (Å²) in [6, 6.07) is 7.71. The third-order valence-corrected chi connectivity index (χ3v) is 4.45. The van der Waals surface area contributed by atoms with Crippen LogP contribution in [-0.4, -0.2) is 33.7 Å². The molecule has 0 aliphatic carbocycles. The normalized spacial score (nSPS) is 10.6. The standard InChI is InChI=1S/C16H16N6OS/c1-18-14-13-15(22(2)9-19-13)21-16(20-14)24-8-10-4-5-12(23-3)11(6-10)7-17/h4-6,9H,8H2,1-3H3,(H,18,20,21). The molecule has 24 heavy (non-hydrogen) atoms. The number of thioether (sulfide) groups is 1. The number of nitrogens with zero attached hydrogens (tertiary/aromatic N) is 5. The molecular formula is C16H16N6OS. The third kappa shape index (κ3) is 2.98. The summed E-state index contributed by atoms with van der Waals surface area (Å²) < 4.78 is 7.03. The first-order chi connectivity index (χ1) is 11.7. The molecule has 3 aromatic rings. The number of ether oxygens (including phenoxy) is 1. The van der Waals surface area contributed by atoms with Crippen molar-refractivity contribution in [3.63, 3.8) is 0 Å². The number of methoxy groups -OCH3 is 1. The van der Waals surface area contributed by atoms with Crippen LogP contribution in [0.5, 0.6) is 5.75 Å². The molecular weight excluding hydrogens is 324 g/mol. The maximum Gasteiger partial charge on any atom is 0.191 e. The molecule has 3 rings (SSSR count). The first kappa shape index (κ1) is 16.1. The van der Waals surface area contributed by atoms with Crippen LogP contribution in [0.4, 0.5) is 5.82 Å². The van der Waals surface area contributed by atoms with E-state index in [4.69, 9.17) is 4.74 Å². The predicted octanol–water partition coefficient (Wildman–Crippen LogP) is 2.58. The van der Waals surface area contributed by atoms with E-state index in [1.54, 1.807) is 19.5 Å². The molecule has 0 saturated heterocycles. The lowest BCUT2D eigenvalue weighted by atomic mass is 10.1. The fourth-order valence-electron chi connectivity index (χ4n) is 2.31. The molecule has 0 aliphatic rings. The Labute approximate surface area is 143 Å². The second kappa shape index (κ2) is 6.76. The maximum absolute atomic E-state index is 9.17. The van der Waals surface area contributed by atoms with E-state index in [0.717, 1.165) is 16.7 Å². The van der Waals surface area contributed by atoms with Gasteiger partial charge >= 0.3 is 0 Å². The Morgan fingerprint density at radius 3 is 2.92 bits per heavy atom. The summed E-state index contributed by atoms with van der Waals surface area (Å²) in [6.07, 6.45) is 1.72. The predicted molar refractivity (Wildman–Crippen MR) is 93.1 cm³/mol. The van der Waals surface area contributed by atoms with Crippen molar-refractivity contribution in [3.05, 3.63) is 35.7 Å². The summed E-state index contributed by atoms with van der Waals surface area (Å²) in [5, 5.41) is 12.9. The van der Waals surface area contributed by atoms with Gasteiger partial charge in [0.15, 0.2) is 16.6 Å². The monoisotopic (exact) mass is 340 g/mol. The van der Waals surface area contributed by atoms with Crippen LogP contribution >= 0.6 is 11.8 Å². The van der Waals surface area contributed by atoms with E-state index in [1.165, 1.54) is 11.8 Å². The number of hydrogen-bond donors (Lipinski definition) is 1. The van der Waals surface area contributed by atoms with Gasteiger partial charge in [-0.25, -0.2) is 15.0 Å². The largest absolute Gasteiger partial charge is 0.495 e. The van der Waals surface area contributed by atoms with Crippen molar-refractivity contribution >= 4 is 28.7 Å². The number of nitrogens with one attached hydrogen (secondary N) is 1. The summed E-state index contributed by atoms with van der Waals surface area (Å²) >= 11 is 1.51. The highest BCUT2D eigenvalue weighted by Crippen LogP contribution is 2.27. The van der Waals surface area contributed by atoms with Gasteiger partial charge in [-0.15, -0.1) is 0 Å². The van der Waals surface area contributed by atoms with Crippen LogP contribution in [0.15, 0.2) is 29.7 Å². The first-order valence-corrected chi connectivity index (χ1v) is 8.21. The van der Waals surface area contributed by atoms with E-state index in [9.17, 15) is 5.26 Å². The van der Waals surface area contributed by atoms with Gasteiger partial charge in [0.2, 0.25) is 0 Å². The highest BCUT2D eigenvalue weighted by molar-refractivity contribution is 7.98. The van der Waals surface area contributed by atoms with Gasteiger partial charge in [0.25, 0.3) is 0 Å². The molecule has 0 unspecified atom stereocenters. The van der Waals surface area contributed by atoms with E-state index >= 15 is 0 Å². The number of anilines is 1. The minimum absolute atomic E-state index is 0.523. The van der Waals surface area contributed by atoms with Gasteiger partial charge in [-0.2, -0.15) is 5.26 Å². The van der Waals surface area contributed by atoms with Crippen LogP contribution in [0.1, 0.15) is 11.1 Å². The van der Waals surface area contributed by atoms with Crippen molar-refractivity contribution in [2.24, 2.45) is 7.05 Å². The molecule has 0 amide bonds. The van der Waals surface area contributed by atoms with Gasteiger partial charge < -0.3 is 14.6 Å². The Balaban J connectivity index is 1.86. The number of hydrogen-bond acceptors (Lipinski definition) is 7. The molecule has 8 heteroatoms. The molecule has 0 spiro atoms. The quantitative estimate of drug-likeness (QED) is 0.564. The molecule has 1 N–H and O–H groups in total. The topological polar surface area (TPSA) is 88.7 Å². The van der Waals surface area contributed by atoms with Gasteiger partial charge in [0.05, 0.1) is 19.0 Å². The lowest BCUT2D eigenvalue weighted by molar-refractivity contribution is 0.413. The zero-order valence-electron chi connectivity index (χ0n) is 13.6. The summed E-state index contributed by atoms with van der Waals surface area (Å²) in [4.78, 5) is 13.4. The van der Waals surface area contributed by atoms with E-state index in [2.05, 4.69) is 26.3 Å².